The van der Waals surface area contributed by atoms with E-state index in [0.717, 1.165) is 30.2 Å². The number of aryl methyl sites for hydroxylation is 1. The van der Waals surface area contributed by atoms with Crippen LogP contribution in [0.4, 0.5) is 5.82 Å². The fourth-order valence-electron chi connectivity index (χ4n) is 3.13. The number of aliphatic hydroxyl groups is 2. The number of hydrogen-bond donors (Lipinski definition) is 2. The van der Waals surface area contributed by atoms with Gasteiger partial charge in [0.25, 0.3) is 5.89 Å². The Morgan fingerprint density at radius 1 is 1.13 bits per heavy atom. The number of methoxy groups -OCH3 is 1. The molecule has 0 spiro atoms. The van der Waals surface area contributed by atoms with Gasteiger partial charge in [0.15, 0.2) is 0 Å². The van der Waals surface area contributed by atoms with Gasteiger partial charge in [-0.25, -0.2) is 4.98 Å². The summed E-state index contributed by atoms with van der Waals surface area (Å²) in [5, 5.41) is 22.5. The van der Waals surface area contributed by atoms with Gasteiger partial charge in [-0.3, -0.25) is 0 Å². The predicted octanol–water partition coefficient (Wildman–Crippen LogP) is 2.69. The Kier molecular flexibility index (Phi) is 7.43. The first-order valence-electron chi connectivity index (χ1n) is 10.2. The molecule has 0 aliphatic rings. The monoisotopic (exact) mass is 428 g/mol. The van der Waals surface area contributed by atoms with E-state index in [-0.39, 0.29) is 13.2 Å². The number of ether oxygens (including phenoxy) is 2. The fourth-order valence-corrected chi connectivity index (χ4v) is 3.13. The molecule has 1 atom stereocenters. The summed E-state index contributed by atoms with van der Waals surface area (Å²) in [5.74, 6) is 2.63. The quantitative estimate of drug-likeness (QED) is 0.503. The van der Waals surface area contributed by atoms with E-state index in [0.29, 0.717) is 28.8 Å². The number of aromatic nitrogens is 3. The summed E-state index contributed by atoms with van der Waals surface area (Å²) in [6, 6.07) is 8.99. The minimum atomic E-state index is -0.949. The third-order valence-electron chi connectivity index (χ3n) is 4.77. The zero-order valence-corrected chi connectivity index (χ0v) is 18.2. The molecule has 2 heterocycles. The SMILES string of the molecule is CCN(CC)c1cc(-c2nc(-c3ccc(OCC(O)CO)cc3OC)no2)cc(C)n1. The Hall–Kier alpha value is -3.17. The molecule has 2 N–H and O–H groups in total. The molecule has 0 bridgehead atoms. The molecule has 3 rings (SSSR count). The van der Waals surface area contributed by atoms with Crippen LogP contribution in [0.1, 0.15) is 19.5 Å². The summed E-state index contributed by atoms with van der Waals surface area (Å²) in [7, 11) is 1.54. The number of pyridine rings is 1. The summed E-state index contributed by atoms with van der Waals surface area (Å²) >= 11 is 0. The van der Waals surface area contributed by atoms with Crippen LogP contribution in [0.25, 0.3) is 22.8 Å². The van der Waals surface area contributed by atoms with E-state index in [1.54, 1.807) is 18.2 Å². The molecule has 3 aromatic rings. The molecule has 9 heteroatoms. The van der Waals surface area contributed by atoms with Crippen molar-refractivity contribution < 1.29 is 24.2 Å². The number of nitrogens with zero attached hydrogens (tertiary/aromatic N) is 4. The summed E-state index contributed by atoms with van der Waals surface area (Å²) < 4.78 is 16.5. The van der Waals surface area contributed by atoms with Crippen molar-refractivity contribution in [2.45, 2.75) is 26.9 Å². The fraction of sp³-hybridized carbons (Fsp3) is 0.409. The summed E-state index contributed by atoms with van der Waals surface area (Å²) in [6.45, 7) is 7.41. The van der Waals surface area contributed by atoms with Gasteiger partial charge in [-0.15, -0.1) is 0 Å². The molecule has 166 valence electrons. The van der Waals surface area contributed by atoms with Crippen LogP contribution in [0, 0.1) is 6.92 Å². The Morgan fingerprint density at radius 2 is 1.90 bits per heavy atom. The molecule has 1 aromatic carbocycles. The van der Waals surface area contributed by atoms with Crippen molar-refractivity contribution in [2.75, 3.05) is 38.3 Å². The average Bonchev–Trinajstić information content (AvgIpc) is 3.28. The zero-order valence-electron chi connectivity index (χ0n) is 18.2. The van der Waals surface area contributed by atoms with Crippen LogP contribution in [-0.4, -0.2) is 64.9 Å². The van der Waals surface area contributed by atoms with E-state index < -0.39 is 6.10 Å². The number of hydrogen-bond acceptors (Lipinski definition) is 9. The number of aliphatic hydroxyl groups excluding tert-OH is 2. The van der Waals surface area contributed by atoms with Gasteiger partial charge >= 0.3 is 0 Å². The molecular weight excluding hydrogens is 400 g/mol. The van der Waals surface area contributed by atoms with Crippen LogP contribution in [0.3, 0.4) is 0 Å². The molecule has 0 amide bonds. The van der Waals surface area contributed by atoms with E-state index in [2.05, 4.69) is 33.9 Å². The van der Waals surface area contributed by atoms with E-state index in [9.17, 15) is 5.11 Å². The van der Waals surface area contributed by atoms with Crippen LogP contribution in [0.15, 0.2) is 34.9 Å². The van der Waals surface area contributed by atoms with E-state index >= 15 is 0 Å². The van der Waals surface area contributed by atoms with Crippen molar-refractivity contribution in [2.24, 2.45) is 0 Å². The highest BCUT2D eigenvalue weighted by Gasteiger charge is 2.17. The van der Waals surface area contributed by atoms with Gasteiger partial charge < -0.3 is 29.1 Å². The maximum absolute atomic E-state index is 9.45. The molecule has 0 radical (unpaired) electrons. The first-order valence-corrected chi connectivity index (χ1v) is 10.2. The molecule has 31 heavy (non-hydrogen) atoms. The second-order valence-corrected chi connectivity index (χ2v) is 6.96. The van der Waals surface area contributed by atoms with E-state index in [1.807, 2.05) is 19.1 Å². The molecule has 2 aromatic heterocycles. The standard InChI is InChI=1S/C22H28N4O5/c1-5-26(6-2)20-10-15(9-14(3)23-20)22-24-21(25-31-22)18-8-7-17(11-19(18)29-4)30-13-16(28)12-27/h7-11,16,27-28H,5-6,12-13H2,1-4H3. The summed E-state index contributed by atoms with van der Waals surface area (Å²) in [5.41, 5.74) is 2.30. The number of benzene rings is 1. The van der Waals surface area contributed by atoms with Crippen LogP contribution in [-0.2, 0) is 0 Å². The normalized spacial score (nSPS) is 11.9. The molecule has 0 saturated heterocycles. The highest BCUT2D eigenvalue weighted by atomic mass is 16.5. The minimum absolute atomic E-state index is 0.0262. The van der Waals surface area contributed by atoms with Gasteiger partial charge in [0.2, 0.25) is 5.82 Å². The average molecular weight is 428 g/mol. The number of rotatable bonds is 10. The van der Waals surface area contributed by atoms with Crippen LogP contribution < -0.4 is 14.4 Å². The van der Waals surface area contributed by atoms with Crippen molar-refractivity contribution in [3.8, 4) is 34.3 Å². The highest BCUT2D eigenvalue weighted by Crippen LogP contribution is 2.33. The minimum Gasteiger partial charge on any atom is -0.496 e. The van der Waals surface area contributed by atoms with Gasteiger partial charge in [-0.2, -0.15) is 4.98 Å². The van der Waals surface area contributed by atoms with Crippen LogP contribution in [0.5, 0.6) is 11.5 Å². The Bertz CT molecular complexity index is 1000. The Balaban J connectivity index is 1.88. The van der Waals surface area contributed by atoms with E-state index in [1.165, 1.54) is 7.11 Å². The van der Waals surface area contributed by atoms with Crippen molar-refractivity contribution >= 4 is 5.82 Å². The largest absolute Gasteiger partial charge is 0.496 e. The van der Waals surface area contributed by atoms with Crippen molar-refractivity contribution in [3.05, 3.63) is 36.0 Å². The molecule has 0 aliphatic carbocycles. The van der Waals surface area contributed by atoms with E-state index in [4.69, 9.17) is 19.1 Å². The van der Waals surface area contributed by atoms with Crippen LogP contribution >= 0.6 is 0 Å². The Morgan fingerprint density at radius 3 is 2.58 bits per heavy atom. The first-order chi connectivity index (χ1) is 15.0. The molecule has 0 aliphatic heterocycles. The zero-order chi connectivity index (χ0) is 22.4. The second-order valence-electron chi connectivity index (χ2n) is 6.96. The maximum atomic E-state index is 9.45. The van der Waals surface area contributed by atoms with Crippen molar-refractivity contribution in [1.82, 2.24) is 15.1 Å². The third kappa shape index (κ3) is 5.31. The Labute approximate surface area is 181 Å². The van der Waals surface area contributed by atoms with Gasteiger partial charge in [0.1, 0.15) is 30.0 Å². The maximum Gasteiger partial charge on any atom is 0.258 e. The van der Waals surface area contributed by atoms with Crippen molar-refractivity contribution in [3.63, 3.8) is 0 Å². The smallest absolute Gasteiger partial charge is 0.258 e. The lowest BCUT2D eigenvalue weighted by Crippen LogP contribution is -2.23. The summed E-state index contributed by atoms with van der Waals surface area (Å²) in [6.07, 6.45) is -0.949. The van der Waals surface area contributed by atoms with Gasteiger partial charge in [-0.05, 0) is 45.0 Å². The highest BCUT2D eigenvalue weighted by molar-refractivity contribution is 5.68. The van der Waals surface area contributed by atoms with Gasteiger partial charge in [-0.1, -0.05) is 5.16 Å². The lowest BCUT2D eigenvalue weighted by Gasteiger charge is -2.20. The molecule has 0 fully saturated rings. The molecule has 9 nitrogen and oxygen atoms in total. The predicted molar refractivity (Wildman–Crippen MR) is 116 cm³/mol. The van der Waals surface area contributed by atoms with Gasteiger partial charge in [0, 0.05) is 30.4 Å². The number of anilines is 1. The molecular formula is C22H28N4O5. The molecule has 0 saturated carbocycles. The second kappa shape index (κ2) is 10.2. The first kappa shape index (κ1) is 22.5. The van der Waals surface area contributed by atoms with Crippen molar-refractivity contribution in [1.29, 1.82) is 0 Å². The topological polar surface area (TPSA) is 114 Å². The lowest BCUT2D eigenvalue weighted by atomic mass is 10.1. The van der Waals surface area contributed by atoms with Crippen LogP contribution in [0.2, 0.25) is 0 Å². The third-order valence-corrected chi connectivity index (χ3v) is 4.77. The molecule has 1 unspecified atom stereocenters. The van der Waals surface area contributed by atoms with Gasteiger partial charge in [0.05, 0.1) is 19.3 Å². The summed E-state index contributed by atoms with van der Waals surface area (Å²) in [4.78, 5) is 11.3. The lowest BCUT2D eigenvalue weighted by molar-refractivity contribution is 0.0535.